The minimum absolute atomic E-state index is 0.230. The van der Waals surface area contributed by atoms with Gasteiger partial charge in [-0.3, -0.25) is 19.4 Å². The van der Waals surface area contributed by atoms with Gasteiger partial charge in [-0.2, -0.15) is 0 Å². The van der Waals surface area contributed by atoms with E-state index in [1.807, 2.05) is 19.9 Å². The van der Waals surface area contributed by atoms with Crippen LogP contribution in [0.5, 0.6) is 0 Å². The lowest BCUT2D eigenvalue weighted by Gasteiger charge is -2.29. The molecule has 1 heterocycles. The molecule has 1 aromatic heterocycles. The minimum Gasteiger partial charge on any atom is -0.481 e. The van der Waals surface area contributed by atoms with Crippen LogP contribution in [0.2, 0.25) is 0 Å². The van der Waals surface area contributed by atoms with Crippen LogP contribution in [0.4, 0.5) is 5.69 Å². The van der Waals surface area contributed by atoms with Gasteiger partial charge < -0.3 is 15.7 Å². The Bertz CT molecular complexity index is 968. The van der Waals surface area contributed by atoms with Crippen LogP contribution in [0.3, 0.4) is 0 Å². The number of nitrogens with one attached hydrogen (secondary N) is 2. The molecule has 3 N–H and O–H groups in total. The number of hydrogen-bond donors (Lipinski definition) is 3. The van der Waals surface area contributed by atoms with Gasteiger partial charge in [0.15, 0.2) is 0 Å². The molecule has 0 spiro atoms. The first-order chi connectivity index (χ1) is 14.3. The van der Waals surface area contributed by atoms with Crippen molar-refractivity contribution in [1.29, 1.82) is 0 Å². The number of hydrogen-bond acceptors (Lipinski definition) is 4. The SMILES string of the molecule is CC1=C(C)C[C@@H](C(=O)Nc2ccc(C(=O)NCc3cccnc3)cc2)[C@H](C(=O)O)C1. The highest BCUT2D eigenvalue weighted by atomic mass is 16.4. The molecule has 1 aliphatic carbocycles. The van der Waals surface area contributed by atoms with Gasteiger partial charge in [0.05, 0.1) is 11.8 Å². The second kappa shape index (κ2) is 9.35. The summed E-state index contributed by atoms with van der Waals surface area (Å²) >= 11 is 0. The largest absolute Gasteiger partial charge is 0.481 e. The van der Waals surface area contributed by atoms with Crippen molar-refractivity contribution in [2.24, 2.45) is 11.8 Å². The van der Waals surface area contributed by atoms with Crippen molar-refractivity contribution in [1.82, 2.24) is 10.3 Å². The lowest BCUT2D eigenvalue weighted by atomic mass is 9.76. The van der Waals surface area contributed by atoms with Crippen molar-refractivity contribution < 1.29 is 19.5 Å². The van der Waals surface area contributed by atoms with E-state index >= 15 is 0 Å². The molecule has 0 fully saturated rings. The van der Waals surface area contributed by atoms with E-state index < -0.39 is 17.8 Å². The fourth-order valence-corrected chi connectivity index (χ4v) is 3.55. The first kappa shape index (κ1) is 21.2. The second-order valence-electron chi connectivity index (χ2n) is 7.63. The highest BCUT2D eigenvalue weighted by Gasteiger charge is 2.37. The highest BCUT2D eigenvalue weighted by Crippen LogP contribution is 2.35. The summed E-state index contributed by atoms with van der Waals surface area (Å²) in [7, 11) is 0. The lowest BCUT2D eigenvalue weighted by Crippen LogP contribution is -2.36. The Morgan fingerprint density at radius 3 is 2.30 bits per heavy atom. The number of carboxylic acid groups (broad SMARTS) is 1. The van der Waals surface area contributed by atoms with E-state index in [1.54, 1.807) is 42.7 Å². The molecule has 1 aliphatic rings. The Balaban J connectivity index is 1.61. The Morgan fingerprint density at radius 2 is 1.70 bits per heavy atom. The van der Waals surface area contributed by atoms with Crippen LogP contribution in [0, 0.1) is 11.8 Å². The average molecular weight is 407 g/mol. The predicted molar refractivity (Wildman–Crippen MR) is 113 cm³/mol. The Morgan fingerprint density at radius 1 is 1.03 bits per heavy atom. The second-order valence-corrected chi connectivity index (χ2v) is 7.63. The molecule has 3 rings (SSSR count). The van der Waals surface area contributed by atoms with E-state index in [0.717, 1.165) is 16.7 Å². The third kappa shape index (κ3) is 5.11. The number of rotatable bonds is 6. The van der Waals surface area contributed by atoms with Crippen LogP contribution in [-0.2, 0) is 16.1 Å². The number of allylic oxidation sites excluding steroid dienone is 2. The van der Waals surface area contributed by atoms with Crippen molar-refractivity contribution in [2.45, 2.75) is 33.2 Å². The maximum absolute atomic E-state index is 12.7. The van der Waals surface area contributed by atoms with Gasteiger partial charge in [-0.25, -0.2) is 0 Å². The van der Waals surface area contributed by atoms with Crippen LogP contribution >= 0.6 is 0 Å². The van der Waals surface area contributed by atoms with E-state index in [0.29, 0.717) is 30.6 Å². The summed E-state index contributed by atoms with van der Waals surface area (Å²) in [5, 5.41) is 15.1. The number of nitrogens with zero attached hydrogens (tertiary/aromatic N) is 1. The summed E-state index contributed by atoms with van der Waals surface area (Å²) in [5.74, 6) is -2.85. The van der Waals surface area contributed by atoms with Crippen LogP contribution in [0.15, 0.2) is 59.9 Å². The first-order valence-electron chi connectivity index (χ1n) is 9.81. The zero-order valence-electron chi connectivity index (χ0n) is 17.0. The van der Waals surface area contributed by atoms with Gasteiger partial charge in [0, 0.05) is 30.2 Å². The maximum atomic E-state index is 12.7. The molecule has 1 aromatic carbocycles. The number of aliphatic carboxylic acids is 1. The number of pyridine rings is 1. The fourth-order valence-electron chi connectivity index (χ4n) is 3.55. The van der Waals surface area contributed by atoms with Crippen molar-refractivity contribution >= 4 is 23.5 Å². The number of amides is 2. The van der Waals surface area contributed by atoms with Gasteiger partial charge in [-0.15, -0.1) is 0 Å². The molecule has 7 heteroatoms. The summed E-state index contributed by atoms with van der Waals surface area (Å²) in [6, 6.07) is 10.2. The van der Waals surface area contributed by atoms with E-state index in [2.05, 4.69) is 15.6 Å². The van der Waals surface area contributed by atoms with E-state index in [1.165, 1.54) is 0 Å². The quantitative estimate of drug-likeness (QED) is 0.636. The van der Waals surface area contributed by atoms with Crippen molar-refractivity contribution in [3.8, 4) is 0 Å². The van der Waals surface area contributed by atoms with Crippen LogP contribution in [-0.4, -0.2) is 27.9 Å². The zero-order valence-corrected chi connectivity index (χ0v) is 17.0. The zero-order chi connectivity index (χ0) is 21.7. The molecule has 0 bridgehead atoms. The summed E-state index contributed by atoms with van der Waals surface area (Å²) in [6.07, 6.45) is 4.18. The molecule has 2 aromatic rings. The third-order valence-corrected chi connectivity index (χ3v) is 5.51. The molecule has 2 amide bonds. The molecule has 7 nitrogen and oxygen atoms in total. The number of carboxylic acids is 1. The average Bonchev–Trinajstić information content (AvgIpc) is 2.74. The Kier molecular flexibility index (Phi) is 6.61. The van der Waals surface area contributed by atoms with E-state index in [4.69, 9.17) is 0 Å². The van der Waals surface area contributed by atoms with Gasteiger partial charge in [-0.05, 0) is 62.6 Å². The molecule has 0 unspecified atom stereocenters. The van der Waals surface area contributed by atoms with Crippen LogP contribution in [0.25, 0.3) is 0 Å². The first-order valence-corrected chi connectivity index (χ1v) is 9.81. The van der Waals surface area contributed by atoms with Gasteiger partial charge >= 0.3 is 5.97 Å². The molecular weight excluding hydrogens is 382 g/mol. The normalized spacial score (nSPS) is 18.6. The van der Waals surface area contributed by atoms with E-state index in [9.17, 15) is 19.5 Å². The molecule has 2 atom stereocenters. The van der Waals surface area contributed by atoms with Gasteiger partial charge in [0.1, 0.15) is 0 Å². The lowest BCUT2D eigenvalue weighted by molar-refractivity contribution is -0.146. The summed E-state index contributed by atoms with van der Waals surface area (Å²) in [4.78, 5) is 40.6. The number of benzene rings is 1. The number of carbonyl (C=O) groups excluding carboxylic acids is 2. The minimum atomic E-state index is -0.956. The summed E-state index contributed by atoms with van der Waals surface area (Å²) in [6.45, 7) is 4.22. The molecule has 0 radical (unpaired) electrons. The number of aromatic nitrogens is 1. The molecule has 0 saturated heterocycles. The van der Waals surface area contributed by atoms with Gasteiger partial charge in [-0.1, -0.05) is 17.2 Å². The Hall–Kier alpha value is -3.48. The van der Waals surface area contributed by atoms with Crippen molar-refractivity contribution in [3.63, 3.8) is 0 Å². The van der Waals surface area contributed by atoms with Crippen LogP contribution < -0.4 is 10.6 Å². The van der Waals surface area contributed by atoms with Gasteiger partial charge in [0.25, 0.3) is 5.91 Å². The monoisotopic (exact) mass is 407 g/mol. The van der Waals surface area contributed by atoms with Crippen LogP contribution in [0.1, 0.15) is 42.6 Å². The Labute approximate surface area is 175 Å². The van der Waals surface area contributed by atoms with Crippen molar-refractivity contribution in [3.05, 3.63) is 71.1 Å². The number of anilines is 1. The van der Waals surface area contributed by atoms with Crippen molar-refractivity contribution in [2.75, 3.05) is 5.32 Å². The molecule has 156 valence electrons. The molecule has 0 aliphatic heterocycles. The topological polar surface area (TPSA) is 108 Å². The molecule has 0 saturated carbocycles. The van der Waals surface area contributed by atoms with Gasteiger partial charge in [0.2, 0.25) is 5.91 Å². The predicted octanol–water partition coefficient (Wildman–Crippen LogP) is 3.40. The third-order valence-electron chi connectivity index (χ3n) is 5.51. The molecule has 30 heavy (non-hydrogen) atoms. The smallest absolute Gasteiger partial charge is 0.307 e. The highest BCUT2D eigenvalue weighted by molar-refractivity contribution is 5.97. The summed E-state index contributed by atoms with van der Waals surface area (Å²) in [5.41, 5.74) is 3.99. The maximum Gasteiger partial charge on any atom is 0.307 e. The summed E-state index contributed by atoms with van der Waals surface area (Å²) < 4.78 is 0. The standard InChI is InChI=1S/C23H25N3O4/c1-14-10-19(20(23(29)30)11-15(14)2)22(28)26-18-7-5-17(6-8-18)21(27)25-13-16-4-3-9-24-12-16/h3-9,12,19-20H,10-11,13H2,1-2H3,(H,25,27)(H,26,28)(H,29,30)/t19-,20-/m1/s1. The molecular formula is C23H25N3O4. The van der Waals surface area contributed by atoms with E-state index in [-0.39, 0.29) is 11.8 Å². The number of carbonyl (C=O) groups is 3. The fraction of sp³-hybridized carbons (Fsp3) is 0.304.